The fourth-order valence-electron chi connectivity index (χ4n) is 0.667. The number of allylic oxidation sites excluding steroid dienone is 1. The molecule has 15 heavy (non-hydrogen) atoms. The van der Waals surface area contributed by atoms with Gasteiger partial charge in [0.05, 0.1) is 0 Å². The molecule has 0 amide bonds. The minimum Gasteiger partial charge on any atom is -0.314 e. The summed E-state index contributed by atoms with van der Waals surface area (Å²) in [7, 11) is -4.75. The van der Waals surface area contributed by atoms with Crippen LogP contribution in [0.3, 0.4) is 0 Å². The predicted molar refractivity (Wildman–Crippen MR) is 30.2 cm³/mol. The highest BCUT2D eigenvalue weighted by atomic mass is 32.3. The first-order valence-corrected chi connectivity index (χ1v) is 4.29. The Hall–Kier alpha value is -1.13. The Bertz CT molecular complexity index is 370. The zero-order valence-corrected chi connectivity index (χ0v) is 7.13. The van der Waals surface area contributed by atoms with Crippen LogP contribution in [-0.2, 0) is 18.8 Å². The van der Waals surface area contributed by atoms with Crippen molar-refractivity contribution in [3.05, 3.63) is 11.5 Å². The average molecular weight is 258 g/mol. The van der Waals surface area contributed by atoms with Crippen LogP contribution in [0.2, 0.25) is 0 Å². The third-order valence-electron chi connectivity index (χ3n) is 1.13. The number of alkyl halides is 6. The quantitative estimate of drug-likeness (QED) is 0.619. The average Bonchev–Trinajstić information content (AvgIpc) is 1.74. The van der Waals surface area contributed by atoms with Crippen molar-refractivity contribution in [2.24, 2.45) is 0 Å². The largest absolute Gasteiger partial charge is 0.506 e. The molecule has 11 heteroatoms. The first kappa shape index (κ1) is 11.9. The Morgan fingerprint density at radius 2 is 1.27 bits per heavy atom. The molecule has 0 aliphatic carbocycles. The van der Waals surface area contributed by atoms with Crippen molar-refractivity contribution < 1.29 is 43.1 Å². The number of hydrogen-bond acceptors (Lipinski definition) is 4. The van der Waals surface area contributed by atoms with E-state index in [1.807, 2.05) is 0 Å². The molecule has 0 unspecified atom stereocenters. The lowest BCUT2D eigenvalue weighted by Gasteiger charge is -2.23. The van der Waals surface area contributed by atoms with Crippen LogP contribution in [0, 0.1) is 0 Å². The Labute approximate surface area is 78.4 Å². The lowest BCUT2D eigenvalue weighted by molar-refractivity contribution is -0.180. The molecular formula is C4F6O4S. The van der Waals surface area contributed by atoms with Crippen molar-refractivity contribution in [2.45, 2.75) is 12.4 Å². The van der Waals surface area contributed by atoms with E-state index in [2.05, 4.69) is 8.37 Å². The fourth-order valence-corrected chi connectivity index (χ4v) is 1.22. The van der Waals surface area contributed by atoms with Crippen molar-refractivity contribution >= 4 is 10.4 Å². The third-order valence-corrected chi connectivity index (χ3v) is 1.84. The fraction of sp³-hybridized carbons (Fsp3) is 0.500. The van der Waals surface area contributed by atoms with Gasteiger partial charge in [-0.3, -0.25) is 0 Å². The van der Waals surface area contributed by atoms with Crippen molar-refractivity contribution in [3.63, 3.8) is 0 Å². The SMILES string of the molecule is O=S1(=O)OC(=C(C(F)(F)F)C(F)(F)F)O1. The van der Waals surface area contributed by atoms with Gasteiger partial charge in [-0.05, 0) is 0 Å². The lowest BCUT2D eigenvalue weighted by atomic mass is 10.2. The molecule has 0 atom stereocenters. The van der Waals surface area contributed by atoms with E-state index in [1.54, 1.807) is 0 Å². The monoisotopic (exact) mass is 258 g/mol. The standard InChI is InChI=1S/C4F6O4S/c5-3(6,7)1(4(8,9)10)2-13-15(11,12)14-2. The maximum absolute atomic E-state index is 11.8. The number of hydrogen-bond donors (Lipinski definition) is 0. The smallest absolute Gasteiger partial charge is 0.314 e. The van der Waals surface area contributed by atoms with Gasteiger partial charge >= 0.3 is 28.7 Å². The van der Waals surface area contributed by atoms with Crippen LogP contribution >= 0.6 is 0 Å². The normalized spacial score (nSPS) is 20.0. The maximum Gasteiger partial charge on any atom is 0.506 e. The summed E-state index contributed by atoms with van der Waals surface area (Å²) >= 11 is 0. The molecule has 1 heterocycles. The molecule has 0 spiro atoms. The van der Waals surface area contributed by atoms with Crippen molar-refractivity contribution in [1.82, 2.24) is 0 Å². The molecule has 4 nitrogen and oxygen atoms in total. The zero-order chi connectivity index (χ0) is 12.1. The molecule has 1 saturated heterocycles. The maximum atomic E-state index is 11.8. The molecular weight excluding hydrogens is 258 g/mol. The topological polar surface area (TPSA) is 52.6 Å². The summed E-state index contributed by atoms with van der Waals surface area (Å²) in [6.45, 7) is 0. The molecule has 0 aromatic carbocycles. The van der Waals surface area contributed by atoms with E-state index in [4.69, 9.17) is 0 Å². The first-order chi connectivity index (χ1) is 6.43. The minimum absolute atomic E-state index is 2.12. The highest BCUT2D eigenvalue weighted by Gasteiger charge is 2.59. The van der Waals surface area contributed by atoms with Crippen LogP contribution < -0.4 is 0 Å². The van der Waals surface area contributed by atoms with Gasteiger partial charge in [0, 0.05) is 0 Å². The molecule has 1 aliphatic rings. The zero-order valence-electron chi connectivity index (χ0n) is 6.31. The number of rotatable bonds is 0. The van der Waals surface area contributed by atoms with Gasteiger partial charge in [0.2, 0.25) is 5.57 Å². The minimum atomic E-state index is -5.82. The summed E-state index contributed by atoms with van der Waals surface area (Å²) in [5, 5.41) is 0. The molecule has 0 bridgehead atoms. The Balaban J connectivity index is 3.17. The van der Waals surface area contributed by atoms with E-state index in [9.17, 15) is 34.8 Å². The van der Waals surface area contributed by atoms with Crippen LogP contribution in [0.4, 0.5) is 26.3 Å². The Morgan fingerprint density at radius 3 is 1.47 bits per heavy atom. The van der Waals surface area contributed by atoms with Crippen LogP contribution in [0.15, 0.2) is 11.5 Å². The van der Waals surface area contributed by atoms with E-state index < -0.39 is 34.3 Å². The molecule has 1 fully saturated rings. The van der Waals surface area contributed by atoms with E-state index in [0.717, 1.165) is 0 Å². The van der Waals surface area contributed by atoms with Gasteiger partial charge in [-0.1, -0.05) is 0 Å². The molecule has 0 radical (unpaired) electrons. The summed E-state index contributed by atoms with van der Waals surface area (Å²) in [6, 6.07) is 0. The van der Waals surface area contributed by atoms with Gasteiger partial charge in [0.1, 0.15) is 0 Å². The summed E-state index contributed by atoms with van der Waals surface area (Å²) < 4.78 is 97.4. The Morgan fingerprint density at radius 1 is 0.933 bits per heavy atom. The predicted octanol–water partition coefficient (Wildman–Crippen LogP) is 1.61. The van der Waals surface area contributed by atoms with E-state index in [0.29, 0.717) is 0 Å². The molecule has 1 rings (SSSR count). The van der Waals surface area contributed by atoms with Gasteiger partial charge < -0.3 is 8.37 Å². The van der Waals surface area contributed by atoms with Gasteiger partial charge in [0.25, 0.3) is 0 Å². The van der Waals surface area contributed by atoms with Crippen LogP contribution in [0.5, 0.6) is 0 Å². The van der Waals surface area contributed by atoms with Gasteiger partial charge in [-0.2, -0.15) is 26.3 Å². The second-order valence-electron chi connectivity index (χ2n) is 2.23. The molecule has 88 valence electrons. The molecule has 0 saturated carbocycles. The summed E-state index contributed by atoms with van der Waals surface area (Å²) in [4.78, 5) is 0. The van der Waals surface area contributed by atoms with Gasteiger partial charge in [-0.15, -0.1) is 8.42 Å². The molecule has 0 N–H and O–H groups in total. The van der Waals surface area contributed by atoms with E-state index in [-0.39, 0.29) is 0 Å². The Kier molecular flexibility index (Phi) is 2.33. The van der Waals surface area contributed by atoms with Crippen molar-refractivity contribution in [3.8, 4) is 0 Å². The highest BCUT2D eigenvalue weighted by molar-refractivity contribution is 7.83. The van der Waals surface area contributed by atoms with Crippen LogP contribution in [0.25, 0.3) is 0 Å². The van der Waals surface area contributed by atoms with E-state index >= 15 is 0 Å². The molecule has 1 aliphatic heterocycles. The molecule has 0 aromatic rings. The van der Waals surface area contributed by atoms with Crippen LogP contribution in [0.1, 0.15) is 0 Å². The third kappa shape index (κ3) is 2.46. The van der Waals surface area contributed by atoms with E-state index in [1.165, 1.54) is 0 Å². The lowest BCUT2D eigenvalue weighted by Crippen LogP contribution is -2.34. The first-order valence-electron chi connectivity index (χ1n) is 2.96. The van der Waals surface area contributed by atoms with Gasteiger partial charge in [0.15, 0.2) is 0 Å². The van der Waals surface area contributed by atoms with Crippen LogP contribution in [-0.4, -0.2) is 20.8 Å². The second-order valence-corrected chi connectivity index (χ2v) is 3.38. The highest BCUT2D eigenvalue weighted by Crippen LogP contribution is 2.44. The number of halogens is 6. The van der Waals surface area contributed by atoms with Gasteiger partial charge in [-0.25, -0.2) is 0 Å². The molecule has 0 aromatic heterocycles. The second kappa shape index (κ2) is 2.93. The summed E-state index contributed by atoms with van der Waals surface area (Å²) in [6.07, 6.45) is -11.6. The van der Waals surface area contributed by atoms with Crippen molar-refractivity contribution in [2.75, 3.05) is 0 Å². The van der Waals surface area contributed by atoms with Crippen molar-refractivity contribution in [1.29, 1.82) is 0 Å². The summed E-state index contributed by atoms with van der Waals surface area (Å²) in [5.74, 6) is -2.12. The summed E-state index contributed by atoms with van der Waals surface area (Å²) in [5.41, 5.74) is -3.13.